The fraction of sp³-hybridized carbons (Fsp3) is 0.368. The fourth-order valence-electron chi connectivity index (χ4n) is 15.6. The van der Waals surface area contributed by atoms with Gasteiger partial charge in [0, 0.05) is 65.7 Å². The van der Waals surface area contributed by atoms with E-state index in [4.69, 9.17) is 0 Å². The summed E-state index contributed by atoms with van der Waals surface area (Å²) in [6, 6.07) is 60.1. The SMILES string of the molecule is CC(C)(C)c1cc(N2c3cc4c(cc3B3c5cc6c(cc5N(c5ccc7c(c5)C(C)(C)CCC7(C)C)c5cc(N(c7ccccc7)c7ccccc7)cc2c53)C(C)(C)CCC6(C)C)C(C)(C)CCC4(C)C)cc2c1sc1ccccc12. The van der Waals surface area contributed by atoms with Gasteiger partial charge in [0.15, 0.2) is 0 Å². The number of rotatable bonds is 5. The minimum atomic E-state index is -0.124. The number of para-hydroxylation sites is 2. The highest BCUT2D eigenvalue weighted by Crippen LogP contribution is 2.56. The first-order chi connectivity index (χ1) is 38.2. The molecule has 3 heterocycles. The molecule has 0 amide bonds. The molecule has 0 bridgehead atoms. The Balaban J connectivity index is 1.18. The van der Waals surface area contributed by atoms with E-state index in [1.807, 2.05) is 11.3 Å². The van der Waals surface area contributed by atoms with Crippen molar-refractivity contribution in [2.24, 2.45) is 0 Å². The monoisotopic (exact) mass is 1080 g/mol. The predicted molar refractivity (Wildman–Crippen MR) is 353 cm³/mol. The molecule has 0 spiro atoms. The van der Waals surface area contributed by atoms with Crippen LogP contribution in [0.15, 0.2) is 152 Å². The van der Waals surface area contributed by atoms with Crippen molar-refractivity contribution in [3.05, 3.63) is 191 Å². The molecular formula is C76H82BN3S. The van der Waals surface area contributed by atoms with Crippen LogP contribution in [0, 0.1) is 0 Å². The molecule has 0 N–H and O–H groups in total. The highest BCUT2D eigenvalue weighted by molar-refractivity contribution is 7.26. The van der Waals surface area contributed by atoms with Crippen LogP contribution in [0.1, 0.15) is 181 Å². The molecule has 5 aliphatic rings. The lowest BCUT2D eigenvalue weighted by Gasteiger charge is -2.49. The molecule has 0 unspecified atom stereocenters. The summed E-state index contributed by atoms with van der Waals surface area (Å²) in [5.74, 6) is 0. The predicted octanol–water partition coefficient (Wildman–Crippen LogP) is 20.0. The lowest BCUT2D eigenvalue weighted by molar-refractivity contribution is 0.332. The number of thiophene rings is 1. The molecular weight excluding hydrogens is 998 g/mol. The molecule has 3 nitrogen and oxygen atoms in total. The van der Waals surface area contributed by atoms with Crippen molar-refractivity contribution in [1.29, 1.82) is 0 Å². The summed E-state index contributed by atoms with van der Waals surface area (Å²) < 4.78 is 2.73. The molecule has 2 aliphatic heterocycles. The number of nitrogens with zero attached hydrogens (tertiary/aromatic N) is 3. The quantitative estimate of drug-likeness (QED) is 0.159. The standard InChI is InChI=1S/C76H82BN3S/c1-70(2,3)60-40-50(38-53-52-28-22-23-29-67(52)81-69(53)60)80-64-46-59-57(74(10,11)35-37-76(59,14)15)44-62(64)77-61-43-56-58(75(12,13)36-34-73(56,8)9)45-63(61)79(49-30-31-54-55(39-49)72(6,7)33-32-71(54,4)5)65-41-51(42-66(80)68(65)77)78(47-24-18-16-19-25-47)48-26-20-17-21-27-48/h16-31,38-46H,32-37H2,1-15H3. The minimum absolute atomic E-state index is 0.00328. The lowest BCUT2D eigenvalue weighted by atomic mass is 9.32. The zero-order valence-electron chi connectivity index (χ0n) is 51.0. The average Bonchev–Trinajstić information content (AvgIpc) is 3.96. The summed E-state index contributed by atoms with van der Waals surface area (Å²) in [6.07, 6.45) is 6.95. The Morgan fingerprint density at radius 1 is 0.395 bits per heavy atom. The van der Waals surface area contributed by atoms with E-state index in [2.05, 4.69) is 270 Å². The molecule has 5 heteroatoms. The Morgan fingerprint density at radius 3 is 1.32 bits per heavy atom. The van der Waals surface area contributed by atoms with Crippen molar-refractivity contribution in [2.45, 2.75) is 180 Å². The van der Waals surface area contributed by atoms with Gasteiger partial charge in [-0.3, -0.25) is 0 Å². The Morgan fingerprint density at radius 2 is 0.827 bits per heavy atom. The van der Waals surface area contributed by atoms with Gasteiger partial charge < -0.3 is 14.7 Å². The van der Waals surface area contributed by atoms with Gasteiger partial charge in [-0.1, -0.05) is 177 Å². The Bertz CT molecular complexity index is 4030. The molecule has 0 saturated carbocycles. The number of hydrogen-bond acceptors (Lipinski definition) is 4. The van der Waals surface area contributed by atoms with Crippen molar-refractivity contribution in [1.82, 2.24) is 0 Å². The van der Waals surface area contributed by atoms with Crippen LogP contribution in [-0.4, -0.2) is 6.71 Å². The van der Waals surface area contributed by atoms with Gasteiger partial charge in [-0.25, -0.2) is 0 Å². The van der Waals surface area contributed by atoms with Crippen molar-refractivity contribution in [3.8, 4) is 0 Å². The van der Waals surface area contributed by atoms with Gasteiger partial charge in [-0.15, -0.1) is 11.3 Å². The highest BCUT2D eigenvalue weighted by Gasteiger charge is 2.50. The van der Waals surface area contributed by atoms with E-state index >= 15 is 0 Å². The molecule has 0 atom stereocenters. The fourth-order valence-corrected chi connectivity index (χ4v) is 17.0. The van der Waals surface area contributed by atoms with Gasteiger partial charge in [-0.05, 0) is 211 Å². The van der Waals surface area contributed by atoms with E-state index in [9.17, 15) is 0 Å². The minimum Gasteiger partial charge on any atom is -0.311 e. The maximum absolute atomic E-state index is 2.76. The van der Waals surface area contributed by atoms with E-state index in [1.54, 1.807) is 0 Å². The normalized spacial score (nSPS) is 19.3. The van der Waals surface area contributed by atoms with Crippen LogP contribution in [0.2, 0.25) is 0 Å². The lowest BCUT2D eigenvalue weighted by Crippen LogP contribution is -2.62. The number of fused-ring (bicyclic) bond motifs is 10. The maximum atomic E-state index is 2.76. The molecule has 0 saturated heterocycles. The number of hydrogen-bond donors (Lipinski definition) is 0. The second-order valence-electron chi connectivity index (χ2n) is 30.2. The van der Waals surface area contributed by atoms with Crippen LogP contribution in [0.5, 0.6) is 0 Å². The van der Waals surface area contributed by atoms with E-state index in [0.29, 0.717) is 0 Å². The van der Waals surface area contributed by atoms with Gasteiger partial charge in [-0.2, -0.15) is 0 Å². The van der Waals surface area contributed by atoms with Crippen molar-refractivity contribution >= 4 is 106 Å². The van der Waals surface area contributed by atoms with Crippen LogP contribution in [0.25, 0.3) is 20.2 Å². The van der Waals surface area contributed by atoms with Crippen LogP contribution in [0.4, 0.5) is 51.2 Å². The largest absolute Gasteiger partial charge is 0.311 e. The second-order valence-corrected chi connectivity index (χ2v) is 31.2. The molecule has 8 aromatic carbocycles. The summed E-state index contributed by atoms with van der Waals surface area (Å²) in [5, 5.41) is 2.67. The number of anilines is 9. The third-order valence-electron chi connectivity index (χ3n) is 20.9. The molecule has 81 heavy (non-hydrogen) atoms. The van der Waals surface area contributed by atoms with Gasteiger partial charge in [0.2, 0.25) is 0 Å². The number of benzene rings is 8. The Labute approximate surface area is 488 Å². The zero-order chi connectivity index (χ0) is 56.7. The summed E-state index contributed by atoms with van der Waals surface area (Å²) in [7, 11) is 0. The van der Waals surface area contributed by atoms with Crippen LogP contribution in [0.3, 0.4) is 0 Å². The van der Waals surface area contributed by atoms with E-state index in [-0.39, 0.29) is 44.6 Å². The molecule has 9 aromatic rings. The Hall–Kier alpha value is -6.56. The van der Waals surface area contributed by atoms with Crippen molar-refractivity contribution in [3.63, 3.8) is 0 Å². The summed E-state index contributed by atoms with van der Waals surface area (Å²) >= 11 is 1.96. The van der Waals surface area contributed by atoms with E-state index in [1.165, 1.54) is 116 Å². The summed E-state index contributed by atoms with van der Waals surface area (Å²) in [6.45, 7) is 37.2. The second kappa shape index (κ2) is 17.5. The van der Waals surface area contributed by atoms with E-state index in [0.717, 1.165) is 49.2 Å². The summed E-state index contributed by atoms with van der Waals surface area (Å²) in [4.78, 5) is 8.02. The van der Waals surface area contributed by atoms with E-state index < -0.39 is 0 Å². The molecule has 1 aromatic heterocycles. The molecule has 3 aliphatic carbocycles. The maximum Gasteiger partial charge on any atom is 0.252 e. The molecule has 410 valence electrons. The third-order valence-corrected chi connectivity index (χ3v) is 22.1. The first-order valence-electron chi connectivity index (χ1n) is 30.4. The Kier molecular flexibility index (Phi) is 11.3. The van der Waals surface area contributed by atoms with Crippen molar-refractivity contribution in [2.75, 3.05) is 14.7 Å². The van der Waals surface area contributed by atoms with Gasteiger partial charge in [0.05, 0.1) is 5.69 Å². The van der Waals surface area contributed by atoms with Crippen LogP contribution < -0.4 is 31.1 Å². The summed E-state index contributed by atoms with van der Waals surface area (Å²) in [5.41, 5.74) is 25.6. The highest BCUT2D eigenvalue weighted by atomic mass is 32.1. The van der Waals surface area contributed by atoms with Gasteiger partial charge in [0.1, 0.15) is 0 Å². The smallest absolute Gasteiger partial charge is 0.252 e. The van der Waals surface area contributed by atoms with Gasteiger partial charge >= 0.3 is 0 Å². The topological polar surface area (TPSA) is 9.72 Å². The first kappa shape index (κ1) is 52.5. The van der Waals surface area contributed by atoms with Crippen LogP contribution in [-0.2, 0) is 37.9 Å². The molecule has 0 radical (unpaired) electrons. The molecule has 0 fully saturated rings. The zero-order valence-corrected chi connectivity index (χ0v) is 51.8. The van der Waals surface area contributed by atoms with Crippen LogP contribution >= 0.6 is 11.3 Å². The van der Waals surface area contributed by atoms with Crippen molar-refractivity contribution < 1.29 is 0 Å². The first-order valence-corrected chi connectivity index (χ1v) is 31.2. The average molecular weight is 1080 g/mol. The molecule has 14 rings (SSSR count). The third kappa shape index (κ3) is 8.00. The van der Waals surface area contributed by atoms with Gasteiger partial charge in [0.25, 0.3) is 6.71 Å².